The molecule has 0 spiro atoms. The Labute approximate surface area is 165 Å². The molecule has 0 aliphatic carbocycles. The van der Waals surface area contributed by atoms with Crippen LogP contribution >= 0.6 is 11.6 Å². The molecule has 2 saturated heterocycles. The molecule has 0 saturated carbocycles. The Hall–Kier alpha value is -2.04. The Balaban J connectivity index is 1.39. The number of aryl methyl sites for hydroxylation is 1. The summed E-state index contributed by atoms with van der Waals surface area (Å²) in [6.07, 6.45) is 3.66. The van der Waals surface area contributed by atoms with E-state index in [2.05, 4.69) is 4.90 Å². The molecule has 0 N–H and O–H groups in total. The van der Waals surface area contributed by atoms with Crippen molar-refractivity contribution in [1.82, 2.24) is 9.80 Å². The van der Waals surface area contributed by atoms with Crippen molar-refractivity contribution < 1.29 is 9.53 Å². The topological polar surface area (TPSA) is 32.8 Å². The monoisotopic (exact) mass is 384 g/mol. The highest BCUT2D eigenvalue weighted by Crippen LogP contribution is 2.30. The molecule has 27 heavy (non-hydrogen) atoms. The van der Waals surface area contributed by atoms with Gasteiger partial charge < -0.3 is 9.64 Å². The maximum Gasteiger partial charge on any atom is 0.253 e. The van der Waals surface area contributed by atoms with Crippen LogP contribution in [0.3, 0.4) is 0 Å². The van der Waals surface area contributed by atoms with E-state index in [9.17, 15) is 4.79 Å². The van der Waals surface area contributed by atoms with E-state index in [1.807, 2.05) is 54.3 Å². The zero-order valence-corrected chi connectivity index (χ0v) is 16.4. The molecule has 1 amide bonds. The van der Waals surface area contributed by atoms with Crippen molar-refractivity contribution in [2.75, 3.05) is 26.2 Å². The quantitative estimate of drug-likeness (QED) is 0.762. The Morgan fingerprint density at radius 1 is 1.07 bits per heavy atom. The molecule has 0 radical (unpaired) electrons. The number of carbonyl (C=O) groups is 1. The first-order valence-corrected chi connectivity index (χ1v) is 10.1. The van der Waals surface area contributed by atoms with E-state index in [1.165, 1.54) is 25.9 Å². The fraction of sp³-hybridized carbons (Fsp3) is 0.409. The van der Waals surface area contributed by atoms with Crippen molar-refractivity contribution in [3.63, 3.8) is 0 Å². The summed E-state index contributed by atoms with van der Waals surface area (Å²) >= 11 is 6.22. The van der Waals surface area contributed by atoms with Gasteiger partial charge in [-0.2, -0.15) is 0 Å². The van der Waals surface area contributed by atoms with E-state index >= 15 is 0 Å². The maximum atomic E-state index is 12.8. The van der Waals surface area contributed by atoms with Gasteiger partial charge in [-0.25, -0.2) is 0 Å². The van der Waals surface area contributed by atoms with Crippen LogP contribution in [0.25, 0.3) is 0 Å². The van der Waals surface area contributed by atoms with E-state index in [-0.39, 0.29) is 5.91 Å². The number of hydrogen-bond acceptors (Lipinski definition) is 3. The summed E-state index contributed by atoms with van der Waals surface area (Å²) in [5.74, 6) is 1.40. The lowest BCUT2D eigenvalue weighted by molar-refractivity contribution is 0.0780. The van der Waals surface area contributed by atoms with Crippen molar-refractivity contribution in [2.45, 2.75) is 32.2 Å². The number of halogens is 1. The Morgan fingerprint density at radius 2 is 1.81 bits per heavy atom. The Bertz CT molecular complexity index is 816. The molecule has 2 aromatic rings. The van der Waals surface area contributed by atoms with Crippen molar-refractivity contribution in [3.05, 3.63) is 58.6 Å². The smallest absolute Gasteiger partial charge is 0.253 e. The maximum absolute atomic E-state index is 12.8. The zero-order chi connectivity index (χ0) is 18.8. The molecule has 2 fully saturated rings. The minimum absolute atomic E-state index is 0.108. The number of amides is 1. The summed E-state index contributed by atoms with van der Waals surface area (Å²) < 4.78 is 5.85. The highest BCUT2D eigenvalue weighted by atomic mass is 35.5. The molecule has 0 bridgehead atoms. The number of hydrogen-bond donors (Lipinski definition) is 0. The summed E-state index contributed by atoms with van der Waals surface area (Å²) in [6.45, 7) is 6.04. The second-order valence-electron chi connectivity index (χ2n) is 7.50. The molecular formula is C22H25ClN2O2. The molecule has 0 unspecified atom stereocenters. The standard InChI is InChI=1S/C22H25ClN2O2/c1-16-4-9-21(20(23)14-16)27-19-7-5-17(6-8-19)22(26)25-13-10-18(15-25)24-11-2-3-12-24/h4-9,14,18H,2-3,10-13,15H2,1H3/t18-/m0/s1. The van der Waals surface area contributed by atoms with Gasteiger partial charge in [0.25, 0.3) is 5.91 Å². The number of rotatable bonds is 4. The van der Waals surface area contributed by atoms with Crippen molar-refractivity contribution in [2.24, 2.45) is 0 Å². The van der Waals surface area contributed by atoms with Crippen LogP contribution in [0.15, 0.2) is 42.5 Å². The third-order valence-electron chi connectivity index (χ3n) is 5.52. The van der Waals surface area contributed by atoms with Gasteiger partial charge in [-0.15, -0.1) is 0 Å². The molecule has 2 aliphatic rings. The molecule has 4 nitrogen and oxygen atoms in total. The van der Waals surface area contributed by atoms with Gasteiger partial charge in [0.15, 0.2) is 0 Å². The van der Waals surface area contributed by atoms with Crippen LogP contribution in [-0.4, -0.2) is 47.9 Å². The van der Waals surface area contributed by atoms with E-state index in [0.29, 0.717) is 28.1 Å². The minimum Gasteiger partial charge on any atom is -0.456 e. The highest BCUT2D eigenvalue weighted by Gasteiger charge is 2.31. The van der Waals surface area contributed by atoms with E-state index in [1.54, 1.807) is 0 Å². The van der Waals surface area contributed by atoms with Gasteiger partial charge in [0.2, 0.25) is 0 Å². The number of ether oxygens (including phenoxy) is 1. The van der Waals surface area contributed by atoms with Gasteiger partial charge in [0.05, 0.1) is 5.02 Å². The molecule has 2 heterocycles. The van der Waals surface area contributed by atoms with Crippen LogP contribution in [0.5, 0.6) is 11.5 Å². The van der Waals surface area contributed by atoms with Crippen LogP contribution in [0.1, 0.15) is 35.2 Å². The van der Waals surface area contributed by atoms with Crippen LogP contribution in [0.2, 0.25) is 5.02 Å². The fourth-order valence-corrected chi connectivity index (χ4v) is 4.27. The summed E-state index contributed by atoms with van der Waals surface area (Å²) in [5.41, 5.74) is 1.80. The molecule has 2 aromatic carbocycles. The van der Waals surface area contributed by atoms with Crippen molar-refractivity contribution in [3.8, 4) is 11.5 Å². The second kappa shape index (κ2) is 7.91. The Morgan fingerprint density at radius 3 is 2.52 bits per heavy atom. The molecule has 4 rings (SSSR count). The van der Waals surface area contributed by atoms with Gasteiger partial charge in [-0.3, -0.25) is 9.69 Å². The Kier molecular flexibility index (Phi) is 5.37. The van der Waals surface area contributed by atoms with Gasteiger partial charge >= 0.3 is 0 Å². The number of likely N-dealkylation sites (tertiary alicyclic amines) is 2. The van der Waals surface area contributed by atoms with Gasteiger partial charge in [-0.05, 0) is 81.2 Å². The average molecular weight is 385 g/mol. The van der Waals surface area contributed by atoms with E-state index in [4.69, 9.17) is 16.3 Å². The van der Waals surface area contributed by atoms with Crippen LogP contribution in [0, 0.1) is 6.92 Å². The predicted octanol–water partition coefficient (Wildman–Crippen LogP) is 4.75. The van der Waals surface area contributed by atoms with Crippen LogP contribution < -0.4 is 4.74 Å². The first-order valence-electron chi connectivity index (χ1n) is 9.67. The van der Waals surface area contributed by atoms with Crippen molar-refractivity contribution >= 4 is 17.5 Å². The summed E-state index contributed by atoms with van der Waals surface area (Å²) in [5, 5.41) is 0.583. The molecule has 5 heteroatoms. The van der Waals surface area contributed by atoms with Gasteiger partial charge in [0.1, 0.15) is 11.5 Å². The summed E-state index contributed by atoms with van der Waals surface area (Å²) in [7, 11) is 0. The largest absolute Gasteiger partial charge is 0.456 e. The van der Waals surface area contributed by atoms with E-state index < -0.39 is 0 Å². The summed E-state index contributed by atoms with van der Waals surface area (Å²) in [6, 6.07) is 13.6. The highest BCUT2D eigenvalue weighted by molar-refractivity contribution is 6.32. The molecule has 1 atom stereocenters. The minimum atomic E-state index is 0.108. The second-order valence-corrected chi connectivity index (χ2v) is 7.90. The van der Waals surface area contributed by atoms with Gasteiger partial charge in [-0.1, -0.05) is 17.7 Å². The lowest BCUT2D eigenvalue weighted by Crippen LogP contribution is -2.37. The predicted molar refractivity (Wildman–Crippen MR) is 108 cm³/mol. The summed E-state index contributed by atoms with van der Waals surface area (Å²) in [4.78, 5) is 17.3. The lowest BCUT2D eigenvalue weighted by atomic mass is 10.2. The number of carbonyl (C=O) groups excluding carboxylic acids is 1. The first-order chi connectivity index (χ1) is 13.1. The van der Waals surface area contributed by atoms with Gasteiger partial charge in [0, 0.05) is 24.7 Å². The van der Waals surface area contributed by atoms with Crippen LogP contribution in [-0.2, 0) is 0 Å². The number of nitrogens with zero attached hydrogens (tertiary/aromatic N) is 2. The number of benzene rings is 2. The van der Waals surface area contributed by atoms with E-state index in [0.717, 1.165) is 25.1 Å². The van der Waals surface area contributed by atoms with Crippen molar-refractivity contribution in [1.29, 1.82) is 0 Å². The fourth-order valence-electron chi connectivity index (χ4n) is 3.99. The molecule has 142 valence electrons. The molecular weight excluding hydrogens is 360 g/mol. The normalized spacial score (nSPS) is 20.2. The third-order valence-corrected chi connectivity index (χ3v) is 5.82. The SMILES string of the molecule is Cc1ccc(Oc2ccc(C(=O)N3CC[C@H](N4CCCC4)C3)cc2)c(Cl)c1. The zero-order valence-electron chi connectivity index (χ0n) is 15.7. The third kappa shape index (κ3) is 4.12. The van der Waals surface area contributed by atoms with Crippen LogP contribution in [0.4, 0.5) is 0 Å². The lowest BCUT2D eigenvalue weighted by Gasteiger charge is -2.23. The first kappa shape index (κ1) is 18.3. The average Bonchev–Trinajstić information content (AvgIpc) is 3.35. The molecule has 2 aliphatic heterocycles. The molecule has 0 aromatic heterocycles.